The molecule has 0 amide bonds. The van der Waals surface area contributed by atoms with Crippen molar-refractivity contribution in [1.82, 2.24) is 9.55 Å². The van der Waals surface area contributed by atoms with Gasteiger partial charge in [-0.25, -0.2) is 4.79 Å². The number of halogens is 1. The van der Waals surface area contributed by atoms with Gasteiger partial charge in [0.1, 0.15) is 11.5 Å². The number of aromatic amines is 1. The average molecular weight is 405 g/mol. The number of aromatic nitrogens is 2. The molecule has 144 valence electrons. The molecule has 1 N–H and O–H groups in total. The molecule has 0 radical (unpaired) electrons. The Kier molecular flexibility index (Phi) is 5.06. The van der Waals surface area contributed by atoms with Crippen LogP contribution in [0.1, 0.15) is 21.7 Å². The second-order valence-corrected chi connectivity index (χ2v) is 6.99. The Labute approximate surface area is 171 Å². The quantitative estimate of drug-likeness (QED) is 0.363. The standard InChI is InChI=1S/C23H17ClN2O3/c1-15-5-12-22(29-15)20-14-26(23(28)25-20)19-4-2-3-17(13-19)21(27)11-8-16-6-9-18(24)10-7-16/h2-14H,1H3,(H,25,28)/b11-8+. The van der Waals surface area contributed by atoms with E-state index in [9.17, 15) is 9.59 Å². The highest BCUT2D eigenvalue weighted by Gasteiger charge is 2.11. The Morgan fingerprint density at radius 3 is 2.62 bits per heavy atom. The maximum absolute atomic E-state index is 12.6. The summed E-state index contributed by atoms with van der Waals surface area (Å²) in [7, 11) is 0. The first-order chi connectivity index (χ1) is 14.0. The maximum Gasteiger partial charge on any atom is 0.330 e. The Morgan fingerprint density at radius 1 is 1.10 bits per heavy atom. The van der Waals surface area contributed by atoms with Gasteiger partial charge in [-0.1, -0.05) is 41.9 Å². The summed E-state index contributed by atoms with van der Waals surface area (Å²) in [6.45, 7) is 1.84. The molecule has 0 aliphatic carbocycles. The lowest BCUT2D eigenvalue weighted by Gasteiger charge is -2.03. The van der Waals surface area contributed by atoms with Crippen molar-refractivity contribution in [2.45, 2.75) is 6.92 Å². The van der Waals surface area contributed by atoms with Crippen LogP contribution in [0.5, 0.6) is 0 Å². The highest BCUT2D eigenvalue weighted by molar-refractivity contribution is 6.30. The number of imidazole rings is 1. The molecule has 4 aromatic rings. The number of rotatable bonds is 5. The molecule has 29 heavy (non-hydrogen) atoms. The van der Waals surface area contributed by atoms with E-state index >= 15 is 0 Å². The number of H-pyrrole nitrogens is 1. The Bertz CT molecular complexity index is 1260. The van der Waals surface area contributed by atoms with E-state index in [2.05, 4.69) is 4.98 Å². The lowest BCUT2D eigenvalue weighted by molar-refractivity contribution is 0.104. The molecule has 2 aromatic heterocycles. The summed E-state index contributed by atoms with van der Waals surface area (Å²) in [4.78, 5) is 27.7. The average Bonchev–Trinajstić information content (AvgIpc) is 3.33. The van der Waals surface area contributed by atoms with Gasteiger partial charge < -0.3 is 9.40 Å². The molecular formula is C23H17ClN2O3. The SMILES string of the molecule is Cc1ccc(-c2cn(-c3cccc(C(=O)/C=C/c4ccc(Cl)cc4)c3)c(=O)[nH]2)o1. The number of nitrogens with one attached hydrogen (secondary N) is 1. The molecule has 0 saturated heterocycles. The van der Waals surface area contributed by atoms with Gasteiger partial charge in [0, 0.05) is 16.8 Å². The lowest BCUT2D eigenvalue weighted by atomic mass is 10.1. The third-order valence-corrected chi connectivity index (χ3v) is 4.68. The summed E-state index contributed by atoms with van der Waals surface area (Å²) in [5.41, 5.74) is 2.21. The molecule has 0 saturated carbocycles. The summed E-state index contributed by atoms with van der Waals surface area (Å²) in [6, 6.07) is 17.7. The molecular weight excluding hydrogens is 388 g/mol. The van der Waals surface area contributed by atoms with Crippen molar-refractivity contribution < 1.29 is 9.21 Å². The number of furan rings is 1. The molecule has 0 spiro atoms. The van der Waals surface area contributed by atoms with Gasteiger partial charge in [-0.2, -0.15) is 0 Å². The van der Waals surface area contributed by atoms with Crippen molar-refractivity contribution in [1.29, 1.82) is 0 Å². The molecule has 0 aliphatic heterocycles. The smallest absolute Gasteiger partial charge is 0.330 e. The van der Waals surface area contributed by atoms with Crippen LogP contribution >= 0.6 is 11.6 Å². The van der Waals surface area contributed by atoms with Gasteiger partial charge in [0.2, 0.25) is 0 Å². The fraction of sp³-hybridized carbons (Fsp3) is 0.0435. The first kappa shape index (κ1) is 18.8. The monoisotopic (exact) mass is 404 g/mol. The van der Waals surface area contributed by atoms with E-state index in [4.69, 9.17) is 16.0 Å². The summed E-state index contributed by atoms with van der Waals surface area (Å²) in [5.74, 6) is 1.18. The van der Waals surface area contributed by atoms with Gasteiger partial charge >= 0.3 is 5.69 Å². The summed E-state index contributed by atoms with van der Waals surface area (Å²) >= 11 is 5.87. The second-order valence-electron chi connectivity index (χ2n) is 6.55. The van der Waals surface area contributed by atoms with Crippen LogP contribution in [0.15, 0.2) is 82.1 Å². The van der Waals surface area contributed by atoms with E-state index in [0.29, 0.717) is 27.7 Å². The number of ketones is 1. The van der Waals surface area contributed by atoms with Crippen molar-refractivity contribution in [3.63, 3.8) is 0 Å². The largest absolute Gasteiger partial charge is 0.460 e. The fourth-order valence-electron chi connectivity index (χ4n) is 2.94. The van der Waals surface area contributed by atoms with Crippen LogP contribution in [0, 0.1) is 6.92 Å². The van der Waals surface area contributed by atoms with Gasteiger partial charge in [0.25, 0.3) is 0 Å². The molecule has 0 bridgehead atoms. The van der Waals surface area contributed by atoms with Crippen LogP contribution in [0.2, 0.25) is 5.02 Å². The number of hydrogen-bond acceptors (Lipinski definition) is 3. The van der Waals surface area contributed by atoms with E-state index in [-0.39, 0.29) is 11.5 Å². The number of nitrogens with zero attached hydrogens (tertiary/aromatic N) is 1. The van der Waals surface area contributed by atoms with Crippen molar-refractivity contribution >= 4 is 23.5 Å². The molecule has 2 heterocycles. The second kappa shape index (κ2) is 7.81. The van der Waals surface area contributed by atoms with E-state index in [1.54, 1.807) is 54.7 Å². The van der Waals surface area contributed by atoms with Crippen molar-refractivity contribution in [3.05, 3.63) is 105 Å². The zero-order chi connectivity index (χ0) is 20.4. The van der Waals surface area contributed by atoms with Gasteiger partial charge in [-0.05, 0) is 55.0 Å². The highest BCUT2D eigenvalue weighted by Crippen LogP contribution is 2.20. The lowest BCUT2D eigenvalue weighted by Crippen LogP contribution is -2.14. The minimum absolute atomic E-state index is 0.160. The first-order valence-electron chi connectivity index (χ1n) is 8.96. The predicted octanol–water partition coefficient (Wildman–Crippen LogP) is 5.28. The highest BCUT2D eigenvalue weighted by atomic mass is 35.5. The van der Waals surface area contributed by atoms with Crippen molar-refractivity contribution in [2.24, 2.45) is 0 Å². The van der Waals surface area contributed by atoms with E-state index < -0.39 is 0 Å². The third-order valence-electron chi connectivity index (χ3n) is 4.43. The number of aryl methyl sites for hydroxylation is 1. The van der Waals surface area contributed by atoms with Gasteiger partial charge in [0.15, 0.2) is 11.5 Å². The van der Waals surface area contributed by atoms with Crippen molar-refractivity contribution in [2.75, 3.05) is 0 Å². The van der Waals surface area contributed by atoms with Crippen LogP contribution in [0.25, 0.3) is 23.2 Å². The Balaban J connectivity index is 1.60. The molecule has 0 atom stereocenters. The zero-order valence-electron chi connectivity index (χ0n) is 15.6. The minimum Gasteiger partial charge on any atom is -0.460 e. The van der Waals surface area contributed by atoms with Crippen LogP contribution < -0.4 is 5.69 Å². The zero-order valence-corrected chi connectivity index (χ0v) is 16.3. The maximum atomic E-state index is 12.6. The van der Waals surface area contributed by atoms with E-state index in [1.807, 2.05) is 25.1 Å². The van der Waals surface area contributed by atoms with Gasteiger partial charge in [-0.15, -0.1) is 0 Å². The van der Waals surface area contributed by atoms with Gasteiger partial charge in [0.05, 0.1) is 5.69 Å². The Hall–Kier alpha value is -3.57. The van der Waals surface area contributed by atoms with Crippen LogP contribution in [0.3, 0.4) is 0 Å². The van der Waals surface area contributed by atoms with Crippen LogP contribution in [0.4, 0.5) is 0 Å². The molecule has 2 aromatic carbocycles. The molecule has 6 heteroatoms. The summed E-state index contributed by atoms with van der Waals surface area (Å²) < 4.78 is 7.01. The van der Waals surface area contributed by atoms with E-state index in [0.717, 1.165) is 11.3 Å². The van der Waals surface area contributed by atoms with Crippen molar-refractivity contribution in [3.8, 4) is 17.1 Å². The molecule has 5 nitrogen and oxygen atoms in total. The molecule has 0 fully saturated rings. The Morgan fingerprint density at radius 2 is 1.90 bits per heavy atom. The number of hydrogen-bond donors (Lipinski definition) is 1. The minimum atomic E-state index is -0.310. The van der Waals surface area contributed by atoms with Gasteiger partial charge in [-0.3, -0.25) is 9.36 Å². The van der Waals surface area contributed by atoms with Crippen LogP contribution in [-0.4, -0.2) is 15.3 Å². The van der Waals surface area contributed by atoms with Crippen LogP contribution in [-0.2, 0) is 0 Å². The number of allylic oxidation sites excluding steroid dienone is 1. The normalized spacial score (nSPS) is 11.2. The predicted molar refractivity (Wildman–Crippen MR) is 114 cm³/mol. The molecule has 4 rings (SSSR count). The number of carbonyl (C=O) groups is 1. The number of benzene rings is 2. The summed E-state index contributed by atoms with van der Waals surface area (Å²) in [5, 5.41) is 0.641. The first-order valence-corrected chi connectivity index (χ1v) is 9.34. The topological polar surface area (TPSA) is 68.0 Å². The third kappa shape index (κ3) is 4.15. The van der Waals surface area contributed by atoms with E-state index in [1.165, 1.54) is 10.6 Å². The molecule has 0 aliphatic rings. The number of carbonyl (C=O) groups excluding carboxylic acids is 1. The molecule has 0 unspecified atom stereocenters. The fourth-order valence-corrected chi connectivity index (χ4v) is 3.07. The summed E-state index contributed by atoms with van der Waals surface area (Å²) in [6.07, 6.45) is 4.89.